The molecule has 0 bridgehead atoms. The number of thiophene rings is 1. The van der Waals surface area contributed by atoms with Crippen LogP contribution >= 0.6 is 11.3 Å². The van der Waals surface area contributed by atoms with E-state index in [-0.39, 0.29) is 23.8 Å². The summed E-state index contributed by atoms with van der Waals surface area (Å²) in [5.74, 6) is 0.950. The number of likely N-dealkylation sites (tertiary alicyclic amines) is 2. The van der Waals surface area contributed by atoms with Crippen molar-refractivity contribution in [1.29, 1.82) is 0 Å². The molecule has 2 saturated heterocycles. The van der Waals surface area contributed by atoms with E-state index in [1.54, 1.807) is 11.3 Å². The first-order valence-electron chi connectivity index (χ1n) is 8.32. The highest BCUT2D eigenvalue weighted by Gasteiger charge is 2.41. The van der Waals surface area contributed by atoms with Crippen LogP contribution in [-0.4, -0.2) is 41.2 Å². The third-order valence-electron chi connectivity index (χ3n) is 5.20. The Morgan fingerprint density at radius 2 is 2.18 bits per heavy atom. The lowest BCUT2D eigenvalue weighted by Crippen LogP contribution is -2.37. The zero-order valence-corrected chi connectivity index (χ0v) is 13.6. The van der Waals surface area contributed by atoms with Gasteiger partial charge in [0.1, 0.15) is 0 Å². The molecule has 1 aromatic rings. The molecule has 3 aliphatic rings. The summed E-state index contributed by atoms with van der Waals surface area (Å²) in [6, 6.07) is 2.35. The average Bonchev–Trinajstić information content (AvgIpc) is 2.96. The van der Waals surface area contributed by atoms with Gasteiger partial charge < -0.3 is 9.80 Å². The highest BCUT2D eigenvalue weighted by Crippen LogP contribution is 2.36. The fourth-order valence-electron chi connectivity index (χ4n) is 3.80. The van der Waals surface area contributed by atoms with Crippen molar-refractivity contribution in [3.63, 3.8) is 0 Å². The van der Waals surface area contributed by atoms with E-state index >= 15 is 0 Å². The molecular weight excluding hydrogens is 296 g/mol. The Balaban J connectivity index is 1.43. The topological polar surface area (TPSA) is 40.6 Å². The molecule has 5 heteroatoms. The van der Waals surface area contributed by atoms with Gasteiger partial charge in [-0.1, -0.05) is 0 Å². The Bertz CT molecular complexity index is 567. The molecule has 1 aromatic heterocycles. The van der Waals surface area contributed by atoms with Crippen LogP contribution < -0.4 is 0 Å². The Hall–Kier alpha value is -1.36. The average molecular weight is 318 g/mol. The van der Waals surface area contributed by atoms with E-state index in [4.69, 9.17) is 0 Å². The van der Waals surface area contributed by atoms with Gasteiger partial charge in [0, 0.05) is 26.1 Å². The largest absolute Gasteiger partial charge is 0.342 e. The van der Waals surface area contributed by atoms with E-state index < -0.39 is 0 Å². The van der Waals surface area contributed by atoms with Gasteiger partial charge in [-0.15, -0.1) is 0 Å². The van der Waals surface area contributed by atoms with Crippen molar-refractivity contribution >= 4 is 23.2 Å². The second kappa shape index (κ2) is 5.69. The zero-order chi connectivity index (χ0) is 15.1. The van der Waals surface area contributed by atoms with Gasteiger partial charge in [-0.05, 0) is 54.0 Å². The zero-order valence-electron chi connectivity index (χ0n) is 12.7. The highest BCUT2D eigenvalue weighted by atomic mass is 32.1. The molecular formula is C17H22N2O2S. The molecule has 22 heavy (non-hydrogen) atoms. The van der Waals surface area contributed by atoms with Gasteiger partial charge in [-0.25, -0.2) is 0 Å². The van der Waals surface area contributed by atoms with Crippen LogP contribution in [0.25, 0.3) is 0 Å². The van der Waals surface area contributed by atoms with Crippen molar-refractivity contribution in [2.75, 3.05) is 19.6 Å². The number of nitrogens with zero attached hydrogens (tertiary/aromatic N) is 2. The van der Waals surface area contributed by atoms with E-state index in [2.05, 4.69) is 16.8 Å². The Kier molecular flexibility index (Phi) is 3.68. The van der Waals surface area contributed by atoms with Crippen LogP contribution in [0.4, 0.5) is 0 Å². The minimum absolute atomic E-state index is 0.120. The quantitative estimate of drug-likeness (QED) is 0.856. The molecule has 0 aromatic carbocycles. The molecule has 2 atom stereocenters. The van der Waals surface area contributed by atoms with Crippen LogP contribution in [0.2, 0.25) is 0 Å². The van der Waals surface area contributed by atoms with E-state index in [1.165, 1.54) is 18.4 Å². The summed E-state index contributed by atoms with van der Waals surface area (Å²) in [6.45, 7) is 2.35. The van der Waals surface area contributed by atoms with Crippen LogP contribution in [0.15, 0.2) is 16.8 Å². The van der Waals surface area contributed by atoms with Crippen molar-refractivity contribution in [1.82, 2.24) is 9.80 Å². The van der Waals surface area contributed by atoms with Crippen LogP contribution in [0.1, 0.15) is 43.7 Å². The first kappa shape index (κ1) is 14.2. The maximum absolute atomic E-state index is 12.9. The third kappa shape index (κ3) is 2.67. The lowest BCUT2D eigenvalue weighted by atomic mass is 10.0. The van der Waals surface area contributed by atoms with Gasteiger partial charge in [0.05, 0.1) is 12.0 Å². The first-order valence-corrected chi connectivity index (χ1v) is 9.27. The minimum Gasteiger partial charge on any atom is -0.342 e. The van der Waals surface area contributed by atoms with Crippen molar-refractivity contribution < 1.29 is 9.59 Å². The molecule has 4 rings (SSSR count). The molecule has 0 spiro atoms. The standard InChI is InChI=1S/C17H22N2O2S/c20-16-8-14(10-18(16)9-12-3-4-12)17(21)19-6-1-2-15(19)13-5-7-22-11-13/h5,7,11-12,14-15H,1-4,6,8-10H2. The van der Waals surface area contributed by atoms with Crippen molar-refractivity contribution in [2.24, 2.45) is 11.8 Å². The van der Waals surface area contributed by atoms with E-state index in [0.717, 1.165) is 25.9 Å². The second-order valence-electron chi connectivity index (χ2n) is 6.89. The number of carbonyl (C=O) groups is 2. The fourth-order valence-corrected chi connectivity index (χ4v) is 4.51. The number of rotatable bonds is 4. The molecule has 3 heterocycles. The predicted molar refractivity (Wildman–Crippen MR) is 85.4 cm³/mol. The van der Waals surface area contributed by atoms with Gasteiger partial charge in [0.25, 0.3) is 0 Å². The molecule has 0 radical (unpaired) electrons. The molecule has 2 amide bonds. The monoisotopic (exact) mass is 318 g/mol. The van der Waals surface area contributed by atoms with Crippen molar-refractivity contribution in [3.05, 3.63) is 22.4 Å². The summed E-state index contributed by atoms with van der Waals surface area (Å²) in [7, 11) is 0. The van der Waals surface area contributed by atoms with Gasteiger partial charge in [-0.3, -0.25) is 9.59 Å². The summed E-state index contributed by atoms with van der Waals surface area (Å²) >= 11 is 1.69. The molecule has 1 saturated carbocycles. The molecule has 2 aliphatic heterocycles. The summed E-state index contributed by atoms with van der Waals surface area (Å²) in [4.78, 5) is 29.0. The van der Waals surface area contributed by atoms with Crippen molar-refractivity contribution in [2.45, 2.75) is 38.1 Å². The van der Waals surface area contributed by atoms with Crippen molar-refractivity contribution in [3.8, 4) is 0 Å². The lowest BCUT2D eigenvalue weighted by Gasteiger charge is -2.27. The van der Waals surface area contributed by atoms with Gasteiger partial charge in [0.2, 0.25) is 11.8 Å². The van der Waals surface area contributed by atoms with Crippen LogP contribution in [0.3, 0.4) is 0 Å². The smallest absolute Gasteiger partial charge is 0.228 e. The van der Waals surface area contributed by atoms with Gasteiger partial charge in [-0.2, -0.15) is 11.3 Å². The fraction of sp³-hybridized carbons (Fsp3) is 0.647. The Morgan fingerprint density at radius 3 is 2.91 bits per heavy atom. The van der Waals surface area contributed by atoms with E-state index in [1.807, 2.05) is 9.80 Å². The summed E-state index contributed by atoms with van der Waals surface area (Å²) in [5, 5.41) is 4.22. The first-order chi connectivity index (χ1) is 10.7. The number of hydrogen-bond acceptors (Lipinski definition) is 3. The van der Waals surface area contributed by atoms with Crippen LogP contribution in [0.5, 0.6) is 0 Å². The maximum Gasteiger partial charge on any atom is 0.228 e. The van der Waals surface area contributed by atoms with E-state index in [9.17, 15) is 9.59 Å². The number of carbonyl (C=O) groups excluding carboxylic acids is 2. The summed E-state index contributed by atoms with van der Waals surface area (Å²) < 4.78 is 0. The molecule has 0 N–H and O–H groups in total. The SMILES string of the molecule is O=C1CC(C(=O)N2CCCC2c2ccsc2)CN1CC1CC1. The van der Waals surface area contributed by atoms with Crippen LogP contribution in [0, 0.1) is 11.8 Å². The molecule has 2 unspecified atom stereocenters. The molecule has 118 valence electrons. The Labute approximate surface area is 135 Å². The van der Waals surface area contributed by atoms with Gasteiger partial charge >= 0.3 is 0 Å². The molecule has 1 aliphatic carbocycles. The third-order valence-corrected chi connectivity index (χ3v) is 5.90. The summed E-state index contributed by atoms with van der Waals surface area (Å²) in [5.41, 5.74) is 1.26. The minimum atomic E-state index is -0.120. The van der Waals surface area contributed by atoms with E-state index in [0.29, 0.717) is 18.9 Å². The number of amides is 2. The summed E-state index contributed by atoms with van der Waals surface area (Å²) in [6.07, 6.45) is 5.02. The maximum atomic E-state index is 12.9. The highest BCUT2D eigenvalue weighted by molar-refractivity contribution is 7.07. The van der Waals surface area contributed by atoms with Crippen LogP contribution in [-0.2, 0) is 9.59 Å². The normalized spacial score (nSPS) is 28.6. The predicted octanol–water partition coefficient (Wildman–Crippen LogP) is 2.67. The number of hydrogen-bond donors (Lipinski definition) is 0. The Morgan fingerprint density at radius 1 is 1.32 bits per heavy atom. The van der Waals surface area contributed by atoms with Gasteiger partial charge in [0.15, 0.2) is 0 Å². The lowest BCUT2D eigenvalue weighted by molar-refractivity contribution is -0.136. The molecule has 3 fully saturated rings. The molecule has 4 nitrogen and oxygen atoms in total. The second-order valence-corrected chi connectivity index (χ2v) is 7.67.